The zero-order chi connectivity index (χ0) is 41.8. The largest absolute Gasteiger partial charge is 0.444 e. The van der Waals surface area contributed by atoms with Crippen LogP contribution in [0.1, 0.15) is 110 Å². The number of carbonyl (C=O) groups excluding carboxylic acids is 8. The normalized spacial score (nSPS) is 19.2. The summed E-state index contributed by atoms with van der Waals surface area (Å²) in [6.07, 6.45) is 2.97. The third-order valence-electron chi connectivity index (χ3n) is 11.1. The van der Waals surface area contributed by atoms with Crippen LogP contribution >= 0.6 is 0 Å². The number of nitrogens with one attached hydrogen (secondary N) is 4. The molecule has 4 rings (SSSR count). The zero-order valence-electron chi connectivity index (χ0n) is 34.4. The molecular formula is C42H62N6O9. The molecule has 57 heavy (non-hydrogen) atoms. The van der Waals surface area contributed by atoms with Gasteiger partial charge in [-0.2, -0.15) is 0 Å². The van der Waals surface area contributed by atoms with Crippen molar-refractivity contribution in [3.05, 3.63) is 35.4 Å². The Morgan fingerprint density at radius 3 is 2.21 bits per heavy atom. The summed E-state index contributed by atoms with van der Waals surface area (Å²) in [6, 6.07) is 4.40. The van der Waals surface area contributed by atoms with E-state index >= 15 is 0 Å². The number of hydrogen-bond acceptors (Lipinski definition) is 9. The summed E-state index contributed by atoms with van der Waals surface area (Å²) in [5.41, 5.74) is 2.16. The van der Waals surface area contributed by atoms with Crippen LogP contribution in [-0.4, -0.2) is 107 Å². The van der Waals surface area contributed by atoms with E-state index < -0.39 is 71.6 Å². The van der Waals surface area contributed by atoms with Gasteiger partial charge < -0.3 is 35.8 Å². The number of rotatable bonds is 20. The van der Waals surface area contributed by atoms with Crippen LogP contribution in [0.2, 0.25) is 0 Å². The molecule has 0 bridgehead atoms. The molecular weight excluding hydrogens is 732 g/mol. The van der Waals surface area contributed by atoms with E-state index in [1.54, 1.807) is 25.8 Å². The summed E-state index contributed by atoms with van der Waals surface area (Å²) in [5, 5.41) is 10.8. The van der Waals surface area contributed by atoms with Gasteiger partial charge in [0.25, 0.3) is 5.91 Å². The Kier molecular flexibility index (Phi) is 16.6. The highest BCUT2D eigenvalue weighted by Crippen LogP contribution is 2.27. The molecule has 3 aliphatic rings. The molecule has 1 aromatic rings. The number of ketones is 2. The van der Waals surface area contributed by atoms with Crippen molar-refractivity contribution in [2.24, 2.45) is 17.8 Å². The molecule has 2 aliphatic heterocycles. The highest BCUT2D eigenvalue weighted by atomic mass is 16.6. The summed E-state index contributed by atoms with van der Waals surface area (Å²) >= 11 is 0. The van der Waals surface area contributed by atoms with Gasteiger partial charge in [-0.3, -0.25) is 33.6 Å². The molecule has 2 fully saturated rings. The van der Waals surface area contributed by atoms with Crippen molar-refractivity contribution >= 4 is 47.2 Å². The minimum absolute atomic E-state index is 0.0304. The van der Waals surface area contributed by atoms with E-state index in [0.717, 1.165) is 24.0 Å². The molecule has 1 aromatic carbocycles. The number of amides is 6. The number of fused-ring (bicyclic) bond motifs is 1. The molecule has 2 heterocycles. The van der Waals surface area contributed by atoms with Gasteiger partial charge in [-0.25, -0.2) is 4.79 Å². The lowest BCUT2D eigenvalue weighted by atomic mass is 9.88. The number of nitrogens with zero attached hydrogens (tertiary/aromatic N) is 2. The number of unbranched alkanes of at least 4 members (excludes halogenated alkanes) is 1. The Labute approximate surface area is 336 Å². The Hall–Kier alpha value is -4.82. The monoisotopic (exact) mass is 794 g/mol. The Morgan fingerprint density at radius 2 is 1.58 bits per heavy atom. The van der Waals surface area contributed by atoms with Crippen LogP contribution in [0.25, 0.3) is 0 Å². The van der Waals surface area contributed by atoms with Crippen molar-refractivity contribution in [2.45, 2.75) is 142 Å². The fourth-order valence-electron chi connectivity index (χ4n) is 7.38. The lowest BCUT2D eigenvalue weighted by Crippen LogP contribution is -2.58. The van der Waals surface area contributed by atoms with Gasteiger partial charge in [-0.15, -0.1) is 0 Å². The smallest absolute Gasteiger partial charge is 0.410 e. The molecule has 15 nitrogen and oxygen atoms in total. The molecule has 0 aromatic heterocycles. The molecule has 314 valence electrons. The Balaban J connectivity index is 1.50. The van der Waals surface area contributed by atoms with Gasteiger partial charge in [-0.05, 0) is 61.5 Å². The molecule has 15 heteroatoms. The van der Waals surface area contributed by atoms with E-state index in [2.05, 4.69) is 21.3 Å². The average Bonchev–Trinajstić information content (AvgIpc) is 3.90. The van der Waals surface area contributed by atoms with Crippen molar-refractivity contribution in [3.63, 3.8) is 0 Å². The van der Waals surface area contributed by atoms with Crippen molar-refractivity contribution in [3.8, 4) is 0 Å². The maximum absolute atomic E-state index is 14.5. The van der Waals surface area contributed by atoms with Gasteiger partial charge in [0.2, 0.25) is 29.4 Å². The third-order valence-corrected chi connectivity index (χ3v) is 11.1. The first-order valence-electron chi connectivity index (χ1n) is 20.6. The quantitative estimate of drug-likeness (QED) is 0.113. The first-order valence-corrected chi connectivity index (χ1v) is 20.6. The maximum Gasteiger partial charge on any atom is 0.410 e. The summed E-state index contributed by atoms with van der Waals surface area (Å²) in [7, 11) is 1.56. The maximum atomic E-state index is 14.5. The van der Waals surface area contributed by atoms with Crippen LogP contribution in [0.15, 0.2) is 24.3 Å². The van der Waals surface area contributed by atoms with Gasteiger partial charge in [0.1, 0.15) is 24.0 Å². The topological polar surface area (TPSA) is 200 Å². The van der Waals surface area contributed by atoms with Crippen LogP contribution in [0, 0.1) is 17.8 Å². The highest BCUT2D eigenvalue weighted by molar-refractivity contribution is 6.38. The van der Waals surface area contributed by atoms with E-state index in [1.165, 1.54) is 4.90 Å². The Bertz CT molecular complexity index is 1640. The lowest BCUT2D eigenvalue weighted by molar-refractivity contribution is -0.144. The standard InChI is InChI=1S/C42H62N6O9/c1-7-12-33(37(51)40(54)44-29-17-18-29)45-39(53)34-22-31(57-42(56)47-20-19-27-13-8-9-14-28(27)23-47)24-48(34)41(55)36(26(4)5)46-38(52)32(25(2)3)21-30(49)15-10-11-16-35(50)43-6/h8-9,13-14,25-26,29,31-34,36H,7,10-12,15-24H2,1-6H3,(H,43,50)(H,44,54)(H,45,53)(H,46,52)/t31?,32-,33?,34?,36-/m0/s1. The molecule has 0 spiro atoms. The third kappa shape index (κ3) is 12.8. The molecule has 3 unspecified atom stereocenters. The van der Waals surface area contributed by atoms with E-state index in [9.17, 15) is 38.4 Å². The van der Waals surface area contributed by atoms with Gasteiger partial charge >= 0.3 is 6.09 Å². The second-order valence-corrected chi connectivity index (χ2v) is 16.4. The second-order valence-electron chi connectivity index (χ2n) is 16.4. The molecule has 1 aliphatic carbocycles. The first kappa shape index (κ1) is 44.9. The van der Waals surface area contributed by atoms with E-state index in [0.29, 0.717) is 45.2 Å². The fraction of sp³-hybridized carbons (Fsp3) is 0.667. The van der Waals surface area contributed by atoms with Gasteiger partial charge in [-0.1, -0.05) is 65.3 Å². The highest BCUT2D eigenvalue weighted by Gasteiger charge is 2.46. The molecule has 6 amide bonds. The number of benzene rings is 1. The molecule has 5 atom stereocenters. The SMILES string of the molecule is CCCC(NC(=O)C1CC(OC(=O)N2CCc3ccccc3C2)CN1C(=O)[C@@H](NC(=O)[C@@H](CC(=O)CCCCC(=O)NC)C(C)C)C(C)C)C(=O)C(=O)NC1CC1. The minimum Gasteiger partial charge on any atom is -0.444 e. The van der Waals surface area contributed by atoms with Crippen LogP contribution in [0.3, 0.4) is 0 Å². The fourth-order valence-corrected chi connectivity index (χ4v) is 7.38. The Morgan fingerprint density at radius 1 is 0.895 bits per heavy atom. The van der Waals surface area contributed by atoms with Crippen LogP contribution < -0.4 is 21.3 Å². The number of Topliss-reactive ketones (excluding diaryl/α,β-unsaturated/α-hetero) is 2. The van der Waals surface area contributed by atoms with Gasteiger partial charge in [0.05, 0.1) is 12.6 Å². The van der Waals surface area contributed by atoms with Crippen LogP contribution in [0.5, 0.6) is 0 Å². The van der Waals surface area contributed by atoms with Crippen LogP contribution in [-0.2, 0) is 51.3 Å². The van der Waals surface area contributed by atoms with Gasteiger partial charge in [0.15, 0.2) is 0 Å². The number of likely N-dealkylation sites (tertiary alicyclic amines) is 1. The predicted molar refractivity (Wildman–Crippen MR) is 211 cm³/mol. The molecule has 4 N–H and O–H groups in total. The lowest BCUT2D eigenvalue weighted by Gasteiger charge is -2.32. The van der Waals surface area contributed by atoms with Crippen molar-refractivity contribution in [1.82, 2.24) is 31.1 Å². The summed E-state index contributed by atoms with van der Waals surface area (Å²) in [6.45, 7) is 9.66. The molecule has 1 saturated heterocycles. The second kappa shape index (κ2) is 21.1. The average molecular weight is 795 g/mol. The van der Waals surface area contributed by atoms with Crippen molar-refractivity contribution < 1.29 is 43.1 Å². The van der Waals surface area contributed by atoms with Gasteiger partial charge in [0, 0.05) is 57.8 Å². The minimum atomic E-state index is -1.17. The summed E-state index contributed by atoms with van der Waals surface area (Å²) in [5.74, 6) is -4.87. The number of carbonyl (C=O) groups is 8. The number of hydrogen-bond donors (Lipinski definition) is 4. The summed E-state index contributed by atoms with van der Waals surface area (Å²) in [4.78, 5) is 109. The zero-order valence-corrected chi connectivity index (χ0v) is 34.4. The number of ether oxygens (including phenoxy) is 1. The van der Waals surface area contributed by atoms with E-state index in [1.807, 2.05) is 45.0 Å². The van der Waals surface area contributed by atoms with E-state index in [4.69, 9.17) is 4.74 Å². The molecule has 1 saturated carbocycles. The summed E-state index contributed by atoms with van der Waals surface area (Å²) < 4.78 is 5.95. The predicted octanol–water partition coefficient (Wildman–Crippen LogP) is 2.96. The molecule has 0 radical (unpaired) electrons. The first-order chi connectivity index (χ1) is 27.1. The van der Waals surface area contributed by atoms with Crippen molar-refractivity contribution in [2.75, 3.05) is 20.1 Å². The van der Waals surface area contributed by atoms with Crippen molar-refractivity contribution in [1.29, 1.82) is 0 Å². The van der Waals surface area contributed by atoms with Crippen LogP contribution in [0.4, 0.5) is 4.79 Å². The van der Waals surface area contributed by atoms with E-state index in [-0.39, 0.29) is 55.9 Å².